The van der Waals surface area contributed by atoms with Crippen molar-refractivity contribution in [1.29, 1.82) is 0 Å². The second-order valence-electron chi connectivity index (χ2n) is 5.67. The van der Waals surface area contributed by atoms with Crippen molar-refractivity contribution in [3.63, 3.8) is 0 Å². The number of halogens is 1. The number of carboxylic acids is 1. The molecule has 1 aliphatic rings. The predicted octanol–water partition coefficient (Wildman–Crippen LogP) is 3.99. The Kier molecular flexibility index (Phi) is 4.83. The zero-order chi connectivity index (χ0) is 17.3. The van der Waals surface area contributed by atoms with Crippen LogP contribution in [0, 0.1) is 6.92 Å². The predicted molar refractivity (Wildman–Crippen MR) is 95.4 cm³/mol. The molecule has 1 N–H and O–H groups in total. The molecule has 1 amide bonds. The Morgan fingerprint density at radius 1 is 1.12 bits per heavy atom. The topological polar surface area (TPSA) is 57.6 Å². The van der Waals surface area contributed by atoms with Gasteiger partial charge in [0.2, 0.25) is 0 Å². The number of hydrogen-bond donors (Lipinski definition) is 1. The molecule has 3 rings (SSSR count). The molecule has 4 nitrogen and oxygen atoms in total. The van der Waals surface area contributed by atoms with E-state index in [0.29, 0.717) is 16.3 Å². The van der Waals surface area contributed by atoms with E-state index in [1.807, 2.05) is 31.2 Å². The number of rotatable bonds is 3. The van der Waals surface area contributed by atoms with Crippen molar-refractivity contribution in [2.75, 3.05) is 5.75 Å². The molecule has 1 fully saturated rings. The highest BCUT2D eigenvalue weighted by molar-refractivity contribution is 7.99. The summed E-state index contributed by atoms with van der Waals surface area (Å²) in [4.78, 5) is 26.0. The van der Waals surface area contributed by atoms with E-state index >= 15 is 0 Å². The number of nitrogens with zero attached hydrogens (tertiary/aromatic N) is 1. The maximum atomic E-state index is 12.9. The Morgan fingerprint density at radius 3 is 2.33 bits per heavy atom. The summed E-state index contributed by atoms with van der Waals surface area (Å²) in [5, 5.41) is 9.73. The van der Waals surface area contributed by atoms with Gasteiger partial charge in [0.15, 0.2) is 0 Å². The van der Waals surface area contributed by atoms with E-state index in [4.69, 9.17) is 11.6 Å². The van der Waals surface area contributed by atoms with Gasteiger partial charge in [0.05, 0.1) is 0 Å². The van der Waals surface area contributed by atoms with E-state index in [0.717, 1.165) is 11.1 Å². The van der Waals surface area contributed by atoms with Gasteiger partial charge in [-0.05, 0) is 36.8 Å². The van der Waals surface area contributed by atoms with Gasteiger partial charge in [-0.2, -0.15) is 0 Å². The lowest BCUT2D eigenvalue weighted by Gasteiger charge is -2.27. The molecule has 1 saturated heterocycles. The minimum atomic E-state index is -0.987. The van der Waals surface area contributed by atoms with Crippen LogP contribution in [0.3, 0.4) is 0 Å². The second-order valence-corrected chi connectivity index (χ2v) is 7.22. The molecule has 0 aliphatic carbocycles. The van der Waals surface area contributed by atoms with Crippen LogP contribution in [-0.4, -0.2) is 33.7 Å². The van der Waals surface area contributed by atoms with Gasteiger partial charge in [0, 0.05) is 16.3 Å². The van der Waals surface area contributed by atoms with Gasteiger partial charge in [-0.25, -0.2) is 4.79 Å². The monoisotopic (exact) mass is 361 g/mol. The lowest BCUT2D eigenvalue weighted by atomic mass is 10.1. The molecule has 6 heteroatoms. The lowest BCUT2D eigenvalue weighted by Crippen LogP contribution is -2.42. The lowest BCUT2D eigenvalue weighted by molar-refractivity contribution is -0.141. The van der Waals surface area contributed by atoms with E-state index in [-0.39, 0.29) is 11.3 Å². The van der Waals surface area contributed by atoms with Gasteiger partial charge in [-0.15, -0.1) is 11.8 Å². The van der Waals surface area contributed by atoms with Gasteiger partial charge in [0.25, 0.3) is 5.91 Å². The van der Waals surface area contributed by atoms with E-state index in [9.17, 15) is 14.7 Å². The highest BCUT2D eigenvalue weighted by Crippen LogP contribution is 2.42. The van der Waals surface area contributed by atoms with Crippen LogP contribution in [0.1, 0.15) is 26.9 Å². The number of aryl methyl sites for hydroxylation is 1. The Balaban J connectivity index is 1.97. The number of thioether (sulfide) groups is 1. The van der Waals surface area contributed by atoms with Crippen LogP contribution in [0.15, 0.2) is 48.5 Å². The fraction of sp³-hybridized carbons (Fsp3) is 0.222. The molecule has 0 radical (unpaired) electrons. The average Bonchev–Trinajstić information content (AvgIpc) is 3.01. The van der Waals surface area contributed by atoms with Crippen LogP contribution < -0.4 is 0 Å². The van der Waals surface area contributed by atoms with Gasteiger partial charge >= 0.3 is 5.97 Å². The number of carbonyl (C=O) groups is 2. The zero-order valence-electron chi connectivity index (χ0n) is 13.0. The molecule has 2 aromatic carbocycles. The summed E-state index contributed by atoms with van der Waals surface area (Å²) in [6.07, 6.45) is 0. The van der Waals surface area contributed by atoms with Crippen LogP contribution in [-0.2, 0) is 4.79 Å². The molecule has 0 unspecified atom stereocenters. The molecule has 0 aromatic heterocycles. The number of carbonyl (C=O) groups excluding carboxylic acids is 1. The minimum absolute atomic E-state index is 0.297. The van der Waals surface area contributed by atoms with Crippen LogP contribution in [0.4, 0.5) is 0 Å². The quantitative estimate of drug-likeness (QED) is 0.898. The summed E-state index contributed by atoms with van der Waals surface area (Å²) in [5.41, 5.74) is 2.48. The number of benzene rings is 2. The van der Waals surface area contributed by atoms with E-state index in [1.165, 1.54) is 16.7 Å². The minimum Gasteiger partial charge on any atom is -0.480 e. The summed E-state index contributed by atoms with van der Waals surface area (Å²) in [6, 6.07) is 13.5. The second kappa shape index (κ2) is 6.87. The molecule has 124 valence electrons. The third-order valence-electron chi connectivity index (χ3n) is 3.97. The third-order valence-corrected chi connectivity index (χ3v) is 5.55. The maximum absolute atomic E-state index is 12.9. The van der Waals surface area contributed by atoms with E-state index in [2.05, 4.69) is 0 Å². The molecule has 2 aromatic rings. The first kappa shape index (κ1) is 16.9. The van der Waals surface area contributed by atoms with Crippen molar-refractivity contribution in [1.82, 2.24) is 4.90 Å². The summed E-state index contributed by atoms with van der Waals surface area (Å²) >= 11 is 7.34. The standard InChI is InChI=1S/C18H16ClNO3S/c1-11-2-4-13(5-3-11)17-20(15(10-24-17)18(22)23)16(21)12-6-8-14(19)9-7-12/h2-9,15,17H,10H2,1H3,(H,22,23)/t15-,17-/m1/s1. The Hall–Kier alpha value is -1.98. The highest BCUT2D eigenvalue weighted by Gasteiger charge is 2.42. The van der Waals surface area contributed by atoms with Crippen molar-refractivity contribution in [2.24, 2.45) is 0 Å². The van der Waals surface area contributed by atoms with Crippen molar-refractivity contribution < 1.29 is 14.7 Å². The molecular formula is C18H16ClNO3S. The summed E-state index contributed by atoms with van der Waals surface area (Å²) < 4.78 is 0. The van der Waals surface area contributed by atoms with Gasteiger partial charge in [-0.3, -0.25) is 4.79 Å². The SMILES string of the molecule is Cc1ccc([C@H]2SC[C@H](C(=O)O)N2C(=O)c2ccc(Cl)cc2)cc1. The van der Waals surface area contributed by atoms with Crippen LogP contribution >= 0.6 is 23.4 Å². The summed E-state index contributed by atoms with van der Waals surface area (Å²) in [7, 11) is 0. The van der Waals surface area contributed by atoms with Gasteiger partial charge < -0.3 is 10.0 Å². The summed E-state index contributed by atoms with van der Waals surface area (Å²) in [5.74, 6) is -0.915. The molecule has 0 spiro atoms. The highest BCUT2D eigenvalue weighted by atomic mass is 35.5. The van der Waals surface area contributed by atoms with Crippen LogP contribution in [0.5, 0.6) is 0 Å². The Bertz CT molecular complexity index is 761. The Labute approximate surface area is 149 Å². The third kappa shape index (κ3) is 3.28. The molecular weight excluding hydrogens is 346 g/mol. The smallest absolute Gasteiger partial charge is 0.327 e. The molecule has 24 heavy (non-hydrogen) atoms. The van der Waals surface area contributed by atoms with Crippen molar-refractivity contribution in [3.8, 4) is 0 Å². The first-order valence-electron chi connectivity index (χ1n) is 7.46. The molecule has 1 heterocycles. The zero-order valence-corrected chi connectivity index (χ0v) is 14.6. The maximum Gasteiger partial charge on any atom is 0.327 e. The molecule has 0 bridgehead atoms. The van der Waals surface area contributed by atoms with Crippen molar-refractivity contribution in [3.05, 3.63) is 70.2 Å². The fourth-order valence-corrected chi connectivity index (χ4v) is 4.22. The largest absolute Gasteiger partial charge is 0.480 e. The first-order chi connectivity index (χ1) is 11.5. The number of amides is 1. The first-order valence-corrected chi connectivity index (χ1v) is 8.89. The van der Waals surface area contributed by atoms with Crippen LogP contribution in [0.25, 0.3) is 0 Å². The Morgan fingerprint density at radius 2 is 1.75 bits per heavy atom. The van der Waals surface area contributed by atoms with Gasteiger partial charge in [0.1, 0.15) is 11.4 Å². The number of carboxylic acid groups (broad SMARTS) is 1. The van der Waals surface area contributed by atoms with E-state index < -0.39 is 12.0 Å². The number of aliphatic carboxylic acids is 1. The number of hydrogen-bond acceptors (Lipinski definition) is 3. The van der Waals surface area contributed by atoms with Gasteiger partial charge in [-0.1, -0.05) is 41.4 Å². The molecule has 1 aliphatic heterocycles. The molecule has 0 saturated carbocycles. The summed E-state index contributed by atoms with van der Waals surface area (Å²) in [6.45, 7) is 1.99. The van der Waals surface area contributed by atoms with Crippen molar-refractivity contribution in [2.45, 2.75) is 18.3 Å². The van der Waals surface area contributed by atoms with E-state index in [1.54, 1.807) is 24.3 Å². The fourth-order valence-electron chi connectivity index (χ4n) is 2.67. The average molecular weight is 362 g/mol. The van der Waals surface area contributed by atoms with Crippen molar-refractivity contribution >= 4 is 35.2 Å². The normalized spacial score (nSPS) is 20.2. The van der Waals surface area contributed by atoms with Crippen LogP contribution in [0.2, 0.25) is 5.02 Å². The molecule has 2 atom stereocenters.